The number of phenolic OH excluding ortho intramolecular Hbond substituents is 1. The Bertz CT molecular complexity index is 1570. The van der Waals surface area contributed by atoms with Gasteiger partial charge in [-0.2, -0.15) is 0 Å². The van der Waals surface area contributed by atoms with Gasteiger partial charge in [0.1, 0.15) is 11.5 Å². The maximum absolute atomic E-state index is 13.9. The van der Waals surface area contributed by atoms with Crippen LogP contribution in [0, 0.1) is 17.8 Å². The summed E-state index contributed by atoms with van der Waals surface area (Å²) >= 11 is 0. The van der Waals surface area contributed by atoms with Gasteiger partial charge in [0.2, 0.25) is 11.8 Å². The molecule has 2 aromatic rings. The van der Waals surface area contributed by atoms with Crippen LogP contribution in [0.2, 0.25) is 0 Å². The van der Waals surface area contributed by atoms with Crippen LogP contribution in [0.4, 0.5) is 5.69 Å². The van der Waals surface area contributed by atoms with Gasteiger partial charge >= 0.3 is 0 Å². The first-order valence-electron chi connectivity index (χ1n) is 12.9. The number of aromatic hydroxyl groups is 1. The average molecular weight is 522 g/mol. The van der Waals surface area contributed by atoms with Crippen molar-refractivity contribution < 1.29 is 29.0 Å². The van der Waals surface area contributed by atoms with E-state index < -0.39 is 23.7 Å². The van der Waals surface area contributed by atoms with Gasteiger partial charge in [-0.25, -0.2) is 0 Å². The van der Waals surface area contributed by atoms with Crippen LogP contribution < -0.4 is 9.64 Å². The molecule has 2 amide bonds. The van der Waals surface area contributed by atoms with Gasteiger partial charge in [-0.15, -0.1) is 0 Å². The van der Waals surface area contributed by atoms with Crippen molar-refractivity contribution in [1.82, 2.24) is 0 Å². The number of Topliss-reactive ketones (excluding diaryl/α,β-unsaturated/α-hetero) is 1. The molecule has 0 saturated carbocycles. The predicted octanol–water partition coefficient (Wildman–Crippen LogP) is 4.68. The van der Waals surface area contributed by atoms with Crippen molar-refractivity contribution in [3.8, 4) is 11.5 Å². The molecule has 196 valence electrons. The lowest BCUT2D eigenvalue weighted by molar-refractivity contribution is -0.123. The van der Waals surface area contributed by atoms with Crippen LogP contribution in [0.1, 0.15) is 36.8 Å². The highest BCUT2D eigenvalue weighted by molar-refractivity contribution is 6.25. The van der Waals surface area contributed by atoms with Crippen LogP contribution in [0.25, 0.3) is 6.08 Å². The number of ketones is 2. The third-order valence-electron chi connectivity index (χ3n) is 8.49. The maximum Gasteiger partial charge on any atom is 0.238 e. The number of hydrogen-bond donors (Lipinski definition) is 1. The number of allylic oxidation sites excluding steroid dienone is 6. The molecule has 1 aliphatic heterocycles. The molecule has 4 aliphatic rings. The molecule has 7 nitrogen and oxygen atoms in total. The number of benzene rings is 2. The topological polar surface area (TPSA) is 101 Å². The van der Waals surface area contributed by atoms with E-state index in [0.29, 0.717) is 40.1 Å². The smallest absolute Gasteiger partial charge is 0.238 e. The second-order valence-corrected chi connectivity index (χ2v) is 10.5. The Kier molecular flexibility index (Phi) is 5.75. The number of carbonyl (C=O) groups is 4. The summed E-state index contributed by atoms with van der Waals surface area (Å²) in [5.41, 5.74) is 3.58. The van der Waals surface area contributed by atoms with E-state index in [0.717, 1.165) is 11.1 Å². The average Bonchev–Trinajstić information content (AvgIpc) is 3.20. The molecule has 39 heavy (non-hydrogen) atoms. The maximum atomic E-state index is 13.9. The third kappa shape index (κ3) is 3.64. The zero-order valence-corrected chi connectivity index (χ0v) is 21.6. The van der Waals surface area contributed by atoms with Gasteiger partial charge < -0.3 is 9.84 Å². The molecule has 7 heteroatoms. The summed E-state index contributed by atoms with van der Waals surface area (Å²) in [6.07, 6.45) is 5.47. The van der Waals surface area contributed by atoms with Crippen molar-refractivity contribution in [2.45, 2.75) is 25.7 Å². The van der Waals surface area contributed by atoms with Crippen LogP contribution in [-0.4, -0.2) is 35.6 Å². The summed E-state index contributed by atoms with van der Waals surface area (Å²) in [7, 11) is 1.51. The highest BCUT2D eigenvalue weighted by Crippen LogP contribution is 2.56. The minimum Gasteiger partial charge on any atom is -0.508 e. The van der Waals surface area contributed by atoms with Crippen molar-refractivity contribution in [2.75, 3.05) is 12.0 Å². The SMILES string of the molecule is C=Cc1ccc(N2C(=O)[C@H]3[C@H](CC=C4[C@H](c5cc(OC)ccc5O)C5=C(C[C@H]43)C(=O)C(C)=CC5=O)C2=O)cc1. The van der Waals surface area contributed by atoms with Crippen LogP contribution in [0.5, 0.6) is 11.5 Å². The molecule has 1 fully saturated rings. The van der Waals surface area contributed by atoms with Crippen LogP contribution in [0.3, 0.4) is 0 Å². The van der Waals surface area contributed by atoms with Crippen molar-refractivity contribution in [3.63, 3.8) is 0 Å². The molecule has 1 heterocycles. The monoisotopic (exact) mass is 521 g/mol. The van der Waals surface area contributed by atoms with Gasteiger partial charge in [-0.1, -0.05) is 36.4 Å². The minimum absolute atomic E-state index is 0.0411. The van der Waals surface area contributed by atoms with Crippen molar-refractivity contribution in [3.05, 3.63) is 94.6 Å². The first-order valence-corrected chi connectivity index (χ1v) is 12.9. The number of hydrogen-bond acceptors (Lipinski definition) is 6. The number of anilines is 1. The van der Waals surface area contributed by atoms with Crippen LogP contribution >= 0.6 is 0 Å². The van der Waals surface area contributed by atoms with Gasteiger partial charge in [-0.05, 0) is 67.7 Å². The van der Waals surface area contributed by atoms with Gasteiger partial charge in [0.05, 0.1) is 24.6 Å². The number of phenols is 1. The van der Waals surface area contributed by atoms with E-state index in [1.165, 1.54) is 24.2 Å². The molecule has 0 aromatic heterocycles. The van der Waals surface area contributed by atoms with Crippen molar-refractivity contribution >= 4 is 35.1 Å². The molecule has 2 aromatic carbocycles. The molecule has 1 N–H and O–H groups in total. The number of carbonyl (C=O) groups excluding carboxylic acids is 4. The van der Waals surface area contributed by atoms with Crippen molar-refractivity contribution in [1.29, 1.82) is 0 Å². The number of amides is 2. The fourth-order valence-electron chi connectivity index (χ4n) is 6.64. The fraction of sp³-hybridized carbons (Fsp3) is 0.250. The Morgan fingerprint density at radius 1 is 1.03 bits per heavy atom. The molecule has 4 atom stereocenters. The van der Waals surface area contributed by atoms with Crippen molar-refractivity contribution in [2.24, 2.45) is 17.8 Å². The fourth-order valence-corrected chi connectivity index (χ4v) is 6.64. The number of imide groups is 1. The van der Waals surface area contributed by atoms with Gasteiger partial charge in [0, 0.05) is 28.2 Å². The number of ether oxygens (including phenoxy) is 1. The zero-order chi connectivity index (χ0) is 27.6. The molecular formula is C32H27NO6. The Labute approximate surface area is 225 Å². The van der Waals surface area contributed by atoms with E-state index in [1.54, 1.807) is 49.4 Å². The predicted molar refractivity (Wildman–Crippen MR) is 145 cm³/mol. The Morgan fingerprint density at radius 3 is 2.46 bits per heavy atom. The van der Waals surface area contributed by atoms with E-state index in [-0.39, 0.29) is 35.6 Å². The largest absolute Gasteiger partial charge is 0.508 e. The summed E-state index contributed by atoms with van der Waals surface area (Å²) in [5.74, 6) is -3.13. The summed E-state index contributed by atoms with van der Waals surface area (Å²) in [5, 5.41) is 10.9. The molecule has 3 aliphatic carbocycles. The Balaban J connectivity index is 1.49. The molecule has 0 radical (unpaired) electrons. The van der Waals surface area contributed by atoms with E-state index in [1.807, 2.05) is 6.08 Å². The lowest BCUT2D eigenvalue weighted by atomic mass is 9.59. The number of methoxy groups -OCH3 is 1. The zero-order valence-electron chi connectivity index (χ0n) is 21.6. The molecule has 0 spiro atoms. The third-order valence-corrected chi connectivity index (χ3v) is 8.49. The number of fused-ring (bicyclic) bond motifs is 3. The van der Waals surface area contributed by atoms with E-state index >= 15 is 0 Å². The Hall–Kier alpha value is -4.52. The molecule has 6 rings (SSSR count). The number of nitrogens with zero attached hydrogens (tertiary/aromatic N) is 1. The first-order chi connectivity index (χ1) is 18.7. The lowest BCUT2D eigenvalue weighted by Crippen LogP contribution is -2.39. The normalized spacial score (nSPS) is 26.1. The second kappa shape index (κ2) is 9.05. The standard InChI is InChI=1S/C32H27NO6/c1-4-17-5-7-18(8-6-17)33-31(37)21-11-10-20-22(28(21)32(33)38)15-24-29(26(35)13-16(2)30(24)36)27(20)23-14-19(39-3)9-12-25(23)34/h4-10,12-14,21-22,27-28,34H,1,11,15H2,2-3H3/t21-,22+,27+,28-/m0/s1. The van der Waals surface area contributed by atoms with Crippen LogP contribution in [-0.2, 0) is 19.2 Å². The van der Waals surface area contributed by atoms with Gasteiger partial charge in [0.25, 0.3) is 0 Å². The van der Waals surface area contributed by atoms with E-state index in [9.17, 15) is 24.3 Å². The van der Waals surface area contributed by atoms with Gasteiger partial charge in [0.15, 0.2) is 11.6 Å². The molecule has 0 unspecified atom stereocenters. The molecular weight excluding hydrogens is 494 g/mol. The van der Waals surface area contributed by atoms with E-state index in [2.05, 4.69) is 6.58 Å². The summed E-state index contributed by atoms with van der Waals surface area (Å²) in [6, 6.07) is 11.8. The Morgan fingerprint density at radius 2 is 1.77 bits per heavy atom. The number of rotatable bonds is 4. The summed E-state index contributed by atoms with van der Waals surface area (Å²) in [6.45, 7) is 5.36. The lowest BCUT2D eigenvalue weighted by Gasteiger charge is -2.42. The summed E-state index contributed by atoms with van der Waals surface area (Å²) in [4.78, 5) is 55.5. The highest BCUT2D eigenvalue weighted by Gasteiger charge is 2.56. The second-order valence-electron chi connectivity index (χ2n) is 10.5. The molecule has 0 bridgehead atoms. The first kappa shape index (κ1) is 24.8. The van der Waals surface area contributed by atoms with E-state index in [4.69, 9.17) is 4.74 Å². The van der Waals surface area contributed by atoms with Crippen LogP contribution in [0.15, 0.2) is 83.5 Å². The van der Waals surface area contributed by atoms with Gasteiger partial charge in [-0.3, -0.25) is 24.1 Å². The minimum atomic E-state index is -0.737. The molecule has 1 saturated heterocycles. The summed E-state index contributed by atoms with van der Waals surface area (Å²) < 4.78 is 5.40. The highest BCUT2D eigenvalue weighted by atomic mass is 16.5. The quantitative estimate of drug-likeness (QED) is 0.356.